The largest absolute Gasteiger partial charge is 0.328 e. The fourth-order valence-electron chi connectivity index (χ4n) is 1.57. The fraction of sp³-hybridized carbons (Fsp3) is 0.250. The standard InChI is InChI=1S/C12H13BrN2/c1-9-5-3-4-6-10(9)7-11-12(13)15(2)8-14-11/h3-6,8H,7H2,1-2H3. The topological polar surface area (TPSA) is 17.8 Å². The number of aryl methyl sites for hydroxylation is 2. The van der Waals surface area contributed by atoms with Crippen LogP contribution in [0.5, 0.6) is 0 Å². The molecule has 78 valence electrons. The maximum absolute atomic E-state index is 4.37. The number of hydrogen-bond donors (Lipinski definition) is 0. The smallest absolute Gasteiger partial charge is 0.108 e. The van der Waals surface area contributed by atoms with Gasteiger partial charge < -0.3 is 4.57 Å². The number of nitrogens with zero attached hydrogens (tertiary/aromatic N) is 2. The summed E-state index contributed by atoms with van der Waals surface area (Å²) in [5, 5.41) is 0. The fourth-order valence-corrected chi connectivity index (χ4v) is 1.91. The van der Waals surface area contributed by atoms with Crippen LogP contribution in [0, 0.1) is 6.92 Å². The maximum atomic E-state index is 4.37. The van der Waals surface area contributed by atoms with Crippen molar-refractivity contribution in [2.75, 3.05) is 0 Å². The molecule has 0 aliphatic rings. The van der Waals surface area contributed by atoms with E-state index in [1.165, 1.54) is 11.1 Å². The summed E-state index contributed by atoms with van der Waals surface area (Å²) in [6, 6.07) is 8.41. The summed E-state index contributed by atoms with van der Waals surface area (Å²) in [6.07, 6.45) is 2.71. The van der Waals surface area contributed by atoms with Crippen molar-refractivity contribution in [2.45, 2.75) is 13.3 Å². The van der Waals surface area contributed by atoms with Crippen molar-refractivity contribution < 1.29 is 0 Å². The minimum absolute atomic E-state index is 0.883. The molecule has 2 aromatic rings. The molecule has 0 fully saturated rings. The highest BCUT2D eigenvalue weighted by Gasteiger charge is 2.07. The summed E-state index contributed by atoms with van der Waals surface area (Å²) in [4.78, 5) is 4.37. The van der Waals surface area contributed by atoms with E-state index >= 15 is 0 Å². The van der Waals surface area contributed by atoms with E-state index in [-0.39, 0.29) is 0 Å². The Morgan fingerprint density at radius 2 is 2.07 bits per heavy atom. The summed E-state index contributed by atoms with van der Waals surface area (Å²) in [5.74, 6) is 0. The van der Waals surface area contributed by atoms with Crippen LogP contribution in [0.1, 0.15) is 16.8 Å². The maximum Gasteiger partial charge on any atom is 0.108 e. The molecule has 0 N–H and O–H groups in total. The molecule has 0 atom stereocenters. The van der Waals surface area contributed by atoms with Crippen molar-refractivity contribution in [2.24, 2.45) is 7.05 Å². The van der Waals surface area contributed by atoms with E-state index in [0.717, 1.165) is 16.7 Å². The zero-order valence-electron chi connectivity index (χ0n) is 8.87. The van der Waals surface area contributed by atoms with Crippen molar-refractivity contribution >= 4 is 15.9 Å². The van der Waals surface area contributed by atoms with Gasteiger partial charge in [-0.2, -0.15) is 0 Å². The number of imidazole rings is 1. The SMILES string of the molecule is Cc1ccccc1Cc1ncn(C)c1Br. The Balaban J connectivity index is 2.30. The van der Waals surface area contributed by atoms with Gasteiger partial charge in [0.25, 0.3) is 0 Å². The van der Waals surface area contributed by atoms with Crippen LogP contribution in [-0.2, 0) is 13.5 Å². The molecule has 2 nitrogen and oxygen atoms in total. The molecular formula is C12H13BrN2. The summed E-state index contributed by atoms with van der Waals surface area (Å²) in [5.41, 5.74) is 3.73. The van der Waals surface area contributed by atoms with Crippen LogP contribution >= 0.6 is 15.9 Å². The van der Waals surface area contributed by atoms with Gasteiger partial charge in [0.1, 0.15) is 4.60 Å². The first kappa shape index (κ1) is 10.4. The van der Waals surface area contributed by atoms with E-state index in [1.807, 2.05) is 17.9 Å². The van der Waals surface area contributed by atoms with E-state index in [9.17, 15) is 0 Å². The molecule has 0 saturated heterocycles. The van der Waals surface area contributed by atoms with Gasteiger partial charge in [0.05, 0.1) is 12.0 Å². The molecule has 0 aliphatic carbocycles. The number of rotatable bonds is 2. The van der Waals surface area contributed by atoms with Crippen LogP contribution in [-0.4, -0.2) is 9.55 Å². The third-order valence-corrected chi connectivity index (χ3v) is 3.57. The van der Waals surface area contributed by atoms with Gasteiger partial charge in [0.15, 0.2) is 0 Å². The minimum atomic E-state index is 0.883. The number of aromatic nitrogens is 2. The lowest BCUT2D eigenvalue weighted by molar-refractivity contribution is 0.887. The summed E-state index contributed by atoms with van der Waals surface area (Å²) in [7, 11) is 1.98. The Bertz CT molecular complexity index is 474. The average Bonchev–Trinajstić information content (AvgIpc) is 2.53. The molecule has 1 aromatic heterocycles. The first-order chi connectivity index (χ1) is 7.18. The monoisotopic (exact) mass is 264 g/mol. The first-order valence-electron chi connectivity index (χ1n) is 4.88. The molecule has 0 unspecified atom stereocenters. The van der Waals surface area contributed by atoms with Crippen molar-refractivity contribution in [3.63, 3.8) is 0 Å². The molecule has 2 rings (SSSR count). The first-order valence-corrected chi connectivity index (χ1v) is 5.68. The second-order valence-corrected chi connectivity index (χ2v) is 4.45. The molecule has 0 bridgehead atoms. The molecule has 15 heavy (non-hydrogen) atoms. The number of hydrogen-bond acceptors (Lipinski definition) is 1. The molecule has 0 spiro atoms. The van der Waals surface area contributed by atoms with Crippen LogP contribution in [0.15, 0.2) is 35.2 Å². The summed E-state index contributed by atoms with van der Waals surface area (Å²) in [6.45, 7) is 2.13. The molecule has 0 radical (unpaired) electrons. The molecule has 1 aromatic carbocycles. The van der Waals surface area contributed by atoms with Crippen LogP contribution in [0.4, 0.5) is 0 Å². The highest BCUT2D eigenvalue weighted by atomic mass is 79.9. The highest BCUT2D eigenvalue weighted by Crippen LogP contribution is 2.19. The van der Waals surface area contributed by atoms with Crippen LogP contribution in [0.3, 0.4) is 0 Å². The second kappa shape index (κ2) is 4.19. The van der Waals surface area contributed by atoms with Crippen LogP contribution < -0.4 is 0 Å². The number of halogens is 1. The van der Waals surface area contributed by atoms with E-state index in [1.54, 1.807) is 0 Å². The van der Waals surface area contributed by atoms with Gasteiger partial charge in [-0.3, -0.25) is 0 Å². The van der Waals surface area contributed by atoms with E-state index in [2.05, 4.69) is 52.1 Å². The quantitative estimate of drug-likeness (QED) is 0.815. The predicted molar refractivity (Wildman–Crippen MR) is 64.9 cm³/mol. The Morgan fingerprint density at radius 1 is 1.33 bits per heavy atom. The van der Waals surface area contributed by atoms with E-state index < -0.39 is 0 Å². The lowest BCUT2D eigenvalue weighted by Crippen LogP contribution is -1.93. The molecule has 0 aliphatic heterocycles. The van der Waals surface area contributed by atoms with Crippen molar-refractivity contribution in [3.05, 3.63) is 52.0 Å². The molecule has 0 saturated carbocycles. The Morgan fingerprint density at radius 3 is 2.67 bits per heavy atom. The van der Waals surface area contributed by atoms with Gasteiger partial charge in [-0.1, -0.05) is 24.3 Å². The van der Waals surface area contributed by atoms with Crippen LogP contribution in [0.25, 0.3) is 0 Å². The van der Waals surface area contributed by atoms with Gasteiger partial charge in [-0.05, 0) is 34.0 Å². The lowest BCUT2D eigenvalue weighted by Gasteiger charge is -2.03. The van der Waals surface area contributed by atoms with Crippen molar-refractivity contribution in [1.82, 2.24) is 9.55 Å². The van der Waals surface area contributed by atoms with Gasteiger partial charge in [-0.25, -0.2) is 4.98 Å². The zero-order chi connectivity index (χ0) is 10.8. The van der Waals surface area contributed by atoms with Gasteiger partial charge in [0.2, 0.25) is 0 Å². The Kier molecular flexibility index (Phi) is 2.91. The van der Waals surface area contributed by atoms with Gasteiger partial charge in [-0.15, -0.1) is 0 Å². The normalized spacial score (nSPS) is 10.6. The number of benzene rings is 1. The molecule has 3 heteroatoms. The summed E-state index contributed by atoms with van der Waals surface area (Å²) < 4.78 is 3.04. The van der Waals surface area contributed by atoms with Crippen LogP contribution in [0.2, 0.25) is 0 Å². The summed E-state index contributed by atoms with van der Waals surface area (Å²) >= 11 is 3.53. The van der Waals surface area contributed by atoms with E-state index in [4.69, 9.17) is 0 Å². The third-order valence-electron chi connectivity index (χ3n) is 2.55. The van der Waals surface area contributed by atoms with Gasteiger partial charge in [0, 0.05) is 13.5 Å². The van der Waals surface area contributed by atoms with Gasteiger partial charge >= 0.3 is 0 Å². The molecule has 0 amide bonds. The lowest BCUT2D eigenvalue weighted by atomic mass is 10.0. The minimum Gasteiger partial charge on any atom is -0.328 e. The molecule has 1 heterocycles. The Hall–Kier alpha value is -1.09. The van der Waals surface area contributed by atoms with Crippen molar-refractivity contribution in [3.8, 4) is 0 Å². The molecular weight excluding hydrogens is 252 g/mol. The average molecular weight is 265 g/mol. The van der Waals surface area contributed by atoms with Crippen molar-refractivity contribution in [1.29, 1.82) is 0 Å². The zero-order valence-corrected chi connectivity index (χ0v) is 10.5. The third kappa shape index (κ3) is 2.12. The Labute approximate surface area is 98.1 Å². The second-order valence-electron chi connectivity index (χ2n) is 3.70. The van der Waals surface area contributed by atoms with E-state index in [0.29, 0.717) is 0 Å². The highest BCUT2D eigenvalue weighted by molar-refractivity contribution is 9.10. The predicted octanol–water partition coefficient (Wildman–Crippen LogP) is 3.08.